The quantitative estimate of drug-likeness (QED) is 0.902. The van der Waals surface area contributed by atoms with Gasteiger partial charge in [0, 0.05) is 5.92 Å². The van der Waals surface area contributed by atoms with Crippen LogP contribution in [0.2, 0.25) is 0 Å². The minimum atomic E-state index is -0.632. The molecule has 1 aliphatic carbocycles. The van der Waals surface area contributed by atoms with E-state index < -0.39 is 11.4 Å². The van der Waals surface area contributed by atoms with Crippen molar-refractivity contribution in [3.8, 4) is 0 Å². The average molecular weight is 291 g/mol. The van der Waals surface area contributed by atoms with Gasteiger partial charge in [0.25, 0.3) is 0 Å². The highest BCUT2D eigenvalue weighted by atomic mass is 16.4. The molecule has 1 N–H and O–H groups in total. The van der Waals surface area contributed by atoms with Gasteiger partial charge in [-0.1, -0.05) is 13.8 Å². The third kappa shape index (κ3) is 2.86. The van der Waals surface area contributed by atoms with Crippen molar-refractivity contribution >= 4 is 5.97 Å². The Hall–Kier alpha value is -1.29. The summed E-state index contributed by atoms with van der Waals surface area (Å²) in [7, 11) is 0. The van der Waals surface area contributed by atoms with Crippen LogP contribution in [0.1, 0.15) is 57.0 Å². The molecule has 2 atom stereocenters. The molecule has 1 saturated carbocycles. The summed E-state index contributed by atoms with van der Waals surface area (Å²) in [4.78, 5) is 13.8. The molecule has 2 unspecified atom stereocenters. The Kier molecular flexibility index (Phi) is 3.82. The van der Waals surface area contributed by atoms with E-state index in [1.807, 2.05) is 6.92 Å². The van der Waals surface area contributed by atoms with Crippen molar-refractivity contribution in [2.75, 3.05) is 13.1 Å². The van der Waals surface area contributed by atoms with Gasteiger partial charge in [-0.3, -0.25) is 9.69 Å². The van der Waals surface area contributed by atoms with Crippen molar-refractivity contribution in [3.63, 3.8) is 0 Å². The molecular formula is C17H25NO3. The fourth-order valence-corrected chi connectivity index (χ4v) is 3.48. The van der Waals surface area contributed by atoms with Gasteiger partial charge in [-0.25, -0.2) is 0 Å². The van der Waals surface area contributed by atoms with E-state index in [0.29, 0.717) is 5.92 Å². The standard InChI is InChI=1S/C17H25NO3/c1-3-17(16(19)20)6-8-18(9-7-17)11-13-4-5-15(21-13)14-10-12(14)2/h4-5,12,14H,3,6-11H2,1-2H3,(H,19,20). The van der Waals surface area contributed by atoms with Crippen LogP contribution in [0.5, 0.6) is 0 Å². The summed E-state index contributed by atoms with van der Waals surface area (Å²) in [6.07, 6.45) is 3.45. The molecule has 2 aliphatic rings. The largest absolute Gasteiger partial charge is 0.481 e. The predicted octanol–water partition coefficient (Wildman–Crippen LogP) is 3.48. The lowest BCUT2D eigenvalue weighted by molar-refractivity contribution is -0.152. The van der Waals surface area contributed by atoms with Crippen LogP contribution in [0.15, 0.2) is 16.5 Å². The minimum Gasteiger partial charge on any atom is -0.481 e. The fraction of sp³-hybridized carbons (Fsp3) is 0.706. The SMILES string of the molecule is CCC1(C(=O)O)CCN(Cc2ccc(C3CC3C)o2)CC1. The van der Waals surface area contributed by atoms with Crippen LogP contribution in [-0.2, 0) is 11.3 Å². The number of nitrogens with zero attached hydrogens (tertiary/aromatic N) is 1. The highest BCUT2D eigenvalue weighted by molar-refractivity contribution is 5.74. The zero-order valence-electron chi connectivity index (χ0n) is 13.0. The molecule has 0 radical (unpaired) electrons. The Morgan fingerprint density at radius 3 is 2.62 bits per heavy atom. The first-order valence-electron chi connectivity index (χ1n) is 8.08. The van der Waals surface area contributed by atoms with Crippen LogP contribution in [0.3, 0.4) is 0 Å². The van der Waals surface area contributed by atoms with Crippen LogP contribution in [0.25, 0.3) is 0 Å². The number of piperidine rings is 1. The maximum absolute atomic E-state index is 11.5. The van der Waals surface area contributed by atoms with Gasteiger partial charge in [0.05, 0.1) is 12.0 Å². The fourth-order valence-electron chi connectivity index (χ4n) is 3.48. The first kappa shape index (κ1) is 14.6. The highest BCUT2D eigenvalue weighted by Crippen LogP contribution is 2.47. The van der Waals surface area contributed by atoms with E-state index in [9.17, 15) is 9.90 Å². The normalized spacial score (nSPS) is 28.5. The smallest absolute Gasteiger partial charge is 0.309 e. The molecule has 4 nitrogen and oxygen atoms in total. The van der Waals surface area contributed by atoms with E-state index in [2.05, 4.69) is 24.0 Å². The van der Waals surface area contributed by atoms with Crippen LogP contribution in [-0.4, -0.2) is 29.1 Å². The Morgan fingerprint density at radius 2 is 2.10 bits per heavy atom. The zero-order valence-corrected chi connectivity index (χ0v) is 13.0. The van der Waals surface area contributed by atoms with Crippen LogP contribution in [0.4, 0.5) is 0 Å². The molecular weight excluding hydrogens is 266 g/mol. The molecule has 0 amide bonds. The van der Waals surface area contributed by atoms with Gasteiger partial charge in [0.1, 0.15) is 11.5 Å². The predicted molar refractivity (Wildman–Crippen MR) is 80.1 cm³/mol. The molecule has 116 valence electrons. The van der Waals surface area contributed by atoms with Crippen molar-refractivity contribution in [3.05, 3.63) is 23.7 Å². The molecule has 2 heterocycles. The molecule has 1 saturated heterocycles. The summed E-state index contributed by atoms with van der Waals surface area (Å²) >= 11 is 0. The molecule has 0 spiro atoms. The van der Waals surface area contributed by atoms with E-state index in [1.165, 1.54) is 6.42 Å². The molecule has 1 aliphatic heterocycles. The van der Waals surface area contributed by atoms with Crippen molar-refractivity contribution in [2.45, 2.75) is 52.0 Å². The lowest BCUT2D eigenvalue weighted by Crippen LogP contribution is -2.43. The van der Waals surface area contributed by atoms with Crippen LogP contribution in [0, 0.1) is 11.3 Å². The van der Waals surface area contributed by atoms with E-state index >= 15 is 0 Å². The van der Waals surface area contributed by atoms with Gasteiger partial charge >= 0.3 is 5.97 Å². The van der Waals surface area contributed by atoms with Gasteiger partial charge in [-0.05, 0) is 56.8 Å². The number of carboxylic acid groups (broad SMARTS) is 1. The number of carboxylic acids is 1. The molecule has 0 bridgehead atoms. The molecule has 3 rings (SSSR count). The van der Waals surface area contributed by atoms with Gasteiger partial charge < -0.3 is 9.52 Å². The van der Waals surface area contributed by atoms with Crippen molar-refractivity contribution in [1.29, 1.82) is 0 Å². The summed E-state index contributed by atoms with van der Waals surface area (Å²) in [6, 6.07) is 4.19. The van der Waals surface area contributed by atoms with Crippen molar-refractivity contribution in [1.82, 2.24) is 4.90 Å². The third-order valence-electron chi connectivity index (χ3n) is 5.48. The third-order valence-corrected chi connectivity index (χ3v) is 5.48. The van der Waals surface area contributed by atoms with E-state index in [4.69, 9.17) is 4.42 Å². The summed E-state index contributed by atoms with van der Waals surface area (Å²) < 4.78 is 5.95. The number of hydrogen-bond acceptors (Lipinski definition) is 3. The Labute approximate surface area is 126 Å². The number of furan rings is 1. The topological polar surface area (TPSA) is 53.7 Å². The molecule has 21 heavy (non-hydrogen) atoms. The van der Waals surface area contributed by atoms with Crippen molar-refractivity contribution in [2.24, 2.45) is 11.3 Å². The Balaban J connectivity index is 1.55. The van der Waals surface area contributed by atoms with Gasteiger partial charge in [0.15, 0.2) is 0 Å². The van der Waals surface area contributed by atoms with E-state index in [0.717, 1.165) is 56.3 Å². The maximum atomic E-state index is 11.5. The monoisotopic (exact) mass is 291 g/mol. The first-order valence-corrected chi connectivity index (χ1v) is 8.08. The molecule has 1 aromatic rings. The van der Waals surface area contributed by atoms with E-state index in [1.54, 1.807) is 0 Å². The molecule has 0 aromatic carbocycles. The molecule has 4 heteroatoms. The second-order valence-corrected chi connectivity index (χ2v) is 6.84. The summed E-state index contributed by atoms with van der Waals surface area (Å²) in [5.41, 5.74) is -0.506. The second-order valence-electron chi connectivity index (χ2n) is 6.84. The number of likely N-dealkylation sites (tertiary alicyclic amines) is 1. The van der Waals surface area contributed by atoms with Gasteiger partial charge in [-0.2, -0.15) is 0 Å². The Bertz CT molecular complexity index is 514. The second kappa shape index (κ2) is 5.48. The van der Waals surface area contributed by atoms with Gasteiger partial charge in [0.2, 0.25) is 0 Å². The lowest BCUT2D eigenvalue weighted by Gasteiger charge is -2.37. The Morgan fingerprint density at radius 1 is 1.43 bits per heavy atom. The average Bonchev–Trinajstić information content (AvgIpc) is 3.02. The molecule has 1 aromatic heterocycles. The van der Waals surface area contributed by atoms with Crippen LogP contribution >= 0.6 is 0 Å². The summed E-state index contributed by atoms with van der Waals surface area (Å²) in [5.74, 6) is 2.90. The van der Waals surface area contributed by atoms with E-state index in [-0.39, 0.29) is 0 Å². The maximum Gasteiger partial charge on any atom is 0.309 e. The molecule has 2 fully saturated rings. The number of aliphatic carboxylic acids is 1. The summed E-state index contributed by atoms with van der Waals surface area (Å²) in [6.45, 7) is 6.74. The van der Waals surface area contributed by atoms with Crippen molar-refractivity contribution < 1.29 is 14.3 Å². The summed E-state index contributed by atoms with van der Waals surface area (Å²) in [5, 5.41) is 9.42. The first-order chi connectivity index (χ1) is 10.0. The number of carbonyl (C=O) groups is 1. The van der Waals surface area contributed by atoms with Crippen LogP contribution < -0.4 is 0 Å². The lowest BCUT2D eigenvalue weighted by atomic mass is 9.76. The van der Waals surface area contributed by atoms with Gasteiger partial charge in [-0.15, -0.1) is 0 Å². The minimum absolute atomic E-state index is 0.506. The number of rotatable bonds is 5. The highest BCUT2D eigenvalue weighted by Gasteiger charge is 2.40. The number of hydrogen-bond donors (Lipinski definition) is 1. The zero-order chi connectivity index (χ0) is 15.0.